The molecule has 34 heavy (non-hydrogen) atoms. The number of benzene rings is 1. The Hall–Kier alpha value is -4.27. The van der Waals surface area contributed by atoms with Crippen molar-refractivity contribution in [3.8, 4) is 6.07 Å². The number of nitrogens with one attached hydrogen (secondary N) is 2. The number of hydrogen-bond donors (Lipinski definition) is 2. The van der Waals surface area contributed by atoms with Crippen molar-refractivity contribution >= 4 is 29.3 Å². The van der Waals surface area contributed by atoms with E-state index in [4.69, 9.17) is 4.74 Å². The summed E-state index contributed by atoms with van der Waals surface area (Å²) >= 11 is 0. The van der Waals surface area contributed by atoms with Gasteiger partial charge in [0, 0.05) is 31.1 Å². The molecule has 4 rings (SSSR count). The van der Waals surface area contributed by atoms with Gasteiger partial charge in [-0.25, -0.2) is 0 Å². The first-order chi connectivity index (χ1) is 16.3. The van der Waals surface area contributed by atoms with Crippen molar-refractivity contribution in [1.29, 1.82) is 5.26 Å². The SMILES string of the molecule is CCOC(=O)C1CCN(c2nc3c(c(=O)[nH]2)C(c2cccc([N+](=O)[O-])c2)C(C#N)C(=O)N3)CC1. The number of fused-ring (bicyclic) bond motifs is 1. The molecule has 2 atom stereocenters. The van der Waals surface area contributed by atoms with Crippen molar-refractivity contribution in [3.05, 3.63) is 55.9 Å². The highest BCUT2D eigenvalue weighted by Gasteiger charge is 2.41. The topological polar surface area (TPSA) is 171 Å². The molecule has 2 N–H and O–H groups in total. The smallest absolute Gasteiger partial charge is 0.309 e. The molecule has 12 nitrogen and oxygen atoms in total. The van der Waals surface area contributed by atoms with E-state index in [0.717, 1.165) is 0 Å². The monoisotopic (exact) mass is 466 g/mol. The zero-order valence-corrected chi connectivity index (χ0v) is 18.3. The van der Waals surface area contributed by atoms with E-state index in [-0.39, 0.29) is 34.9 Å². The molecule has 2 aromatic rings. The van der Waals surface area contributed by atoms with Crippen LogP contribution in [0.3, 0.4) is 0 Å². The highest BCUT2D eigenvalue weighted by atomic mass is 16.6. The van der Waals surface area contributed by atoms with E-state index >= 15 is 0 Å². The third-order valence-electron chi connectivity index (χ3n) is 6.10. The number of ether oxygens (including phenoxy) is 1. The summed E-state index contributed by atoms with van der Waals surface area (Å²) in [4.78, 5) is 57.4. The van der Waals surface area contributed by atoms with Gasteiger partial charge >= 0.3 is 5.97 Å². The first kappa shape index (κ1) is 22.9. The number of carbonyl (C=O) groups excluding carboxylic acids is 2. The lowest BCUT2D eigenvalue weighted by Gasteiger charge is -2.33. The van der Waals surface area contributed by atoms with Gasteiger partial charge < -0.3 is 15.0 Å². The van der Waals surface area contributed by atoms with E-state index in [0.29, 0.717) is 38.1 Å². The molecule has 2 unspecified atom stereocenters. The number of non-ortho nitro benzene ring substituents is 1. The molecule has 0 saturated carbocycles. The summed E-state index contributed by atoms with van der Waals surface area (Å²) in [5.41, 5.74) is -0.402. The Labute approximate surface area is 193 Å². The molecule has 1 saturated heterocycles. The van der Waals surface area contributed by atoms with Gasteiger partial charge in [-0.1, -0.05) is 12.1 Å². The van der Waals surface area contributed by atoms with Crippen LogP contribution in [0.2, 0.25) is 0 Å². The first-order valence-electron chi connectivity index (χ1n) is 10.8. The Kier molecular flexibility index (Phi) is 6.27. The summed E-state index contributed by atoms with van der Waals surface area (Å²) in [7, 11) is 0. The number of nitriles is 1. The van der Waals surface area contributed by atoms with Crippen LogP contribution in [-0.4, -0.2) is 46.5 Å². The lowest BCUT2D eigenvalue weighted by atomic mass is 9.79. The highest BCUT2D eigenvalue weighted by molar-refractivity contribution is 5.98. The van der Waals surface area contributed by atoms with Crippen LogP contribution in [0.5, 0.6) is 0 Å². The lowest BCUT2D eigenvalue weighted by molar-refractivity contribution is -0.384. The second-order valence-electron chi connectivity index (χ2n) is 8.09. The van der Waals surface area contributed by atoms with Gasteiger partial charge in [0.15, 0.2) is 0 Å². The van der Waals surface area contributed by atoms with E-state index in [1.54, 1.807) is 6.92 Å². The Morgan fingerprint density at radius 3 is 2.74 bits per heavy atom. The summed E-state index contributed by atoms with van der Waals surface area (Å²) in [6.45, 7) is 2.97. The van der Waals surface area contributed by atoms with Crippen LogP contribution in [0, 0.1) is 33.3 Å². The number of hydrogen-bond acceptors (Lipinski definition) is 9. The molecule has 0 radical (unpaired) electrons. The predicted octanol–water partition coefficient (Wildman–Crippen LogP) is 1.68. The number of esters is 1. The molecule has 1 aromatic carbocycles. The lowest BCUT2D eigenvalue weighted by Crippen LogP contribution is -2.41. The van der Waals surface area contributed by atoms with Gasteiger partial charge in [0.05, 0.1) is 29.1 Å². The summed E-state index contributed by atoms with van der Waals surface area (Å²) in [6.07, 6.45) is 1.05. The Morgan fingerprint density at radius 2 is 2.09 bits per heavy atom. The Balaban J connectivity index is 1.69. The molecular weight excluding hydrogens is 444 g/mol. The van der Waals surface area contributed by atoms with E-state index < -0.39 is 28.2 Å². The van der Waals surface area contributed by atoms with E-state index in [9.17, 15) is 29.8 Å². The van der Waals surface area contributed by atoms with Crippen LogP contribution in [0.25, 0.3) is 0 Å². The number of nitrogens with zero attached hydrogens (tertiary/aromatic N) is 4. The van der Waals surface area contributed by atoms with Crippen LogP contribution < -0.4 is 15.8 Å². The fourth-order valence-corrected chi connectivity index (χ4v) is 4.43. The van der Waals surface area contributed by atoms with Crippen molar-refractivity contribution in [3.63, 3.8) is 0 Å². The zero-order chi connectivity index (χ0) is 24.4. The van der Waals surface area contributed by atoms with E-state index in [2.05, 4.69) is 15.3 Å². The highest BCUT2D eigenvalue weighted by Crippen LogP contribution is 2.39. The van der Waals surface area contributed by atoms with Gasteiger partial charge in [-0.2, -0.15) is 10.2 Å². The standard InChI is InChI=1S/C22H22N6O6/c1-2-34-21(31)12-6-8-27(9-7-12)22-25-18-17(20(30)26-22)16(15(11-23)19(29)24-18)13-4-3-5-14(10-13)28(32)33/h3-5,10,12,15-16H,2,6-9H2,1H3,(H2,24,25,26,29,30). The number of piperidine rings is 1. The molecule has 2 aliphatic heterocycles. The normalized spacial score (nSPS) is 20.1. The van der Waals surface area contributed by atoms with Gasteiger partial charge in [0.25, 0.3) is 11.2 Å². The average molecular weight is 466 g/mol. The Morgan fingerprint density at radius 1 is 1.35 bits per heavy atom. The van der Waals surface area contributed by atoms with Gasteiger partial charge in [-0.15, -0.1) is 0 Å². The number of aromatic amines is 1. The maximum atomic E-state index is 13.2. The summed E-state index contributed by atoms with van der Waals surface area (Å²) in [6, 6.07) is 7.43. The fraction of sp³-hybridized carbons (Fsp3) is 0.409. The van der Waals surface area contributed by atoms with Gasteiger partial charge in [-0.3, -0.25) is 29.5 Å². The average Bonchev–Trinajstić information content (AvgIpc) is 2.83. The Bertz CT molecular complexity index is 1240. The van der Waals surface area contributed by atoms with Gasteiger partial charge in [0.2, 0.25) is 11.9 Å². The maximum Gasteiger partial charge on any atom is 0.309 e. The second-order valence-corrected chi connectivity index (χ2v) is 8.09. The molecule has 0 aliphatic carbocycles. The second kappa shape index (κ2) is 9.30. The molecule has 1 fully saturated rings. The zero-order valence-electron chi connectivity index (χ0n) is 18.3. The van der Waals surface area contributed by atoms with Crippen molar-refractivity contribution in [2.24, 2.45) is 11.8 Å². The molecule has 12 heteroatoms. The van der Waals surface area contributed by atoms with Crippen LogP contribution in [0.15, 0.2) is 29.1 Å². The molecule has 1 amide bonds. The third-order valence-corrected chi connectivity index (χ3v) is 6.10. The fourth-order valence-electron chi connectivity index (χ4n) is 4.43. The molecule has 0 bridgehead atoms. The minimum Gasteiger partial charge on any atom is -0.466 e. The van der Waals surface area contributed by atoms with Crippen molar-refractivity contribution < 1.29 is 19.2 Å². The number of anilines is 2. The largest absolute Gasteiger partial charge is 0.466 e. The first-order valence-corrected chi connectivity index (χ1v) is 10.8. The number of nitro benzene ring substituents is 1. The van der Waals surface area contributed by atoms with Crippen LogP contribution in [0.1, 0.15) is 36.8 Å². The van der Waals surface area contributed by atoms with Crippen LogP contribution in [-0.2, 0) is 14.3 Å². The van der Waals surface area contributed by atoms with Crippen molar-refractivity contribution in [2.75, 3.05) is 29.9 Å². The van der Waals surface area contributed by atoms with Crippen molar-refractivity contribution in [1.82, 2.24) is 9.97 Å². The summed E-state index contributed by atoms with van der Waals surface area (Å²) < 4.78 is 5.08. The number of amides is 1. The van der Waals surface area contributed by atoms with Gasteiger partial charge in [-0.05, 0) is 25.3 Å². The van der Waals surface area contributed by atoms with E-state index in [1.807, 2.05) is 11.0 Å². The van der Waals surface area contributed by atoms with Gasteiger partial charge in [0.1, 0.15) is 11.7 Å². The summed E-state index contributed by atoms with van der Waals surface area (Å²) in [5.74, 6) is -3.15. The molecule has 176 valence electrons. The number of rotatable bonds is 5. The number of carbonyl (C=O) groups is 2. The van der Waals surface area contributed by atoms with Crippen LogP contribution >= 0.6 is 0 Å². The van der Waals surface area contributed by atoms with Crippen molar-refractivity contribution in [2.45, 2.75) is 25.7 Å². The number of aromatic nitrogens is 2. The molecule has 1 aromatic heterocycles. The maximum absolute atomic E-state index is 13.2. The third kappa shape index (κ3) is 4.19. The number of nitro groups is 1. The number of H-pyrrole nitrogens is 1. The molecule has 2 aliphatic rings. The quantitative estimate of drug-likeness (QED) is 0.378. The minimum absolute atomic E-state index is 0.0132. The molecule has 3 heterocycles. The van der Waals surface area contributed by atoms with Crippen LogP contribution in [0.4, 0.5) is 17.5 Å². The minimum atomic E-state index is -1.26. The molecule has 0 spiro atoms. The summed E-state index contributed by atoms with van der Waals surface area (Å²) in [5, 5.41) is 23.4. The molecular formula is C22H22N6O6. The van der Waals surface area contributed by atoms with E-state index in [1.165, 1.54) is 24.3 Å². The predicted molar refractivity (Wildman–Crippen MR) is 119 cm³/mol.